The minimum Gasteiger partial charge on any atom is -0.481 e. The summed E-state index contributed by atoms with van der Waals surface area (Å²) in [4.78, 5) is 34.1. The highest BCUT2D eigenvalue weighted by Crippen LogP contribution is 2.21. The van der Waals surface area contributed by atoms with Crippen LogP contribution in [-0.4, -0.2) is 36.4 Å². The summed E-state index contributed by atoms with van der Waals surface area (Å²) in [6.45, 7) is 3.99. The highest BCUT2D eigenvalue weighted by Gasteiger charge is 2.17. The van der Waals surface area contributed by atoms with E-state index < -0.39 is 18.1 Å². The Balaban J connectivity index is 2.39. The van der Waals surface area contributed by atoms with Crippen molar-refractivity contribution in [3.05, 3.63) is 34.9 Å². The Labute approximate surface area is 164 Å². The van der Waals surface area contributed by atoms with E-state index in [0.717, 1.165) is 5.56 Å². The van der Waals surface area contributed by atoms with E-state index in [2.05, 4.69) is 5.32 Å². The Hall–Kier alpha value is -2.28. The SMILES string of the molecule is CC(C)C(=O)OCCCCOC(=O)NC(CCC(=O)O)c1ccc(Cl)cc1. The number of alkyl carbamates (subject to hydrolysis) is 1. The van der Waals surface area contributed by atoms with Crippen molar-refractivity contribution in [1.82, 2.24) is 5.32 Å². The second kappa shape index (κ2) is 12.2. The monoisotopic (exact) mass is 399 g/mol. The number of carbonyl (C=O) groups is 3. The molecule has 0 bridgehead atoms. The molecule has 2 N–H and O–H groups in total. The minimum atomic E-state index is -0.944. The minimum absolute atomic E-state index is 0.0885. The third kappa shape index (κ3) is 9.84. The van der Waals surface area contributed by atoms with Crippen LogP contribution >= 0.6 is 11.6 Å². The van der Waals surface area contributed by atoms with Gasteiger partial charge in [-0.05, 0) is 37.0 Å². The van der Waals surface area contributed by atoms with E-state index in [1.165, 1.54) is 0 Å². The van der Waals surface area contributed by atoms with Gasteiger partial charge in [-0.15, -0.1) is 0 Å². The topological polar surface area (TPSA) is 102 Å². The fourth-order valence-electron chi connectivity index (χ4n) is 2.18. The third-order valence-electron chi connectivity index (χ3n) is 3.70. The van der Waals surface area contributed by atoms with E-state index in [0.29, 0.717) is 17.9 Å². The lowest BCUT2D eigenvalue weighted by molar-refractivity contribution is -0.147. The maximum absolute atomic E-state index is 12.0. The van der Waals surface area contributed by atoms with Crippen molar-refractivity contribution in [3.8, 4) is 0 Å². The lowest BCUT2D eigenvalue weighted by Gasteiger charge is -2.18. The van der Waals surface area contributed by atoms with Crippen molar-refractivity contribution in [2.75, 3.05) is 13.2 Å². The number of hydrogen-bond donors (Lipinski definition) is 2. The smallest absolute Gasteiger partial charge is 0.407 e. The molecule has 0 aliphatic carbocycles. The average molecular weight is 400 g/mol. The van der Waals surface area contributed by atoms with Gasteiger partial charge in [-0.25, -0.2) is 4.79 Å². The van der Waals surface area contributed by atoms with Crippen molar-refractivity contribution in [2.24, 2.45) is 5.92 Å². The van der Waals surface area contributed by atoms with Gasteiger partial charge >= 0.3 is 18.0 Å². The number of hydrogen-bond acceptors (Lipinski definition) is 5. The molecule has 0 saturated carbocycles. The number of nitrogens with one attached hydrogen (secondary N) is 1. The van der Waals surface area contributed by atoms with Gasteiger partial charge in [0.2, 0.25) is 0 Å². The standard InChI is InChI=1S/C19H26ClNO6/c1-13(2)18(24)26-11-3-4-12-27-19(25)21-16(9-10-17(22)23)14-5-7-15(20)8-6-14/h5-8,13,16H,3-4,9-12H2,1-2H3,(H,21,25)(H,22,23). The zero-order valence-corrected chi connectivity index (χ0v) is 16.3. The van der Waals surface area contributed by atoms with Gasteiger partial charge in [-0.2, -0.15) is 0 Å². The molecule has 1 aromatic rings. The van der Waals surface area contributed by atoms with Crippen LogP contribution in [0, 0.1) is 5.92 Å². The molecule has 0 aromatic heterocycles. The molecule has 1 rings (SSSR count). The van der Waals surface area contributed by atoms with Crippen molar-refractivity contribution in [3.63, 3.8) is 0 Å². The zero-order chi connectivity index (χ0) is 20.2. The number of carboxylic acids is 1. The first-order valence-electron chi connectivity index (χ1n) is 8.86. The number of unbranched alkanes of at least 4 members (excludes halogenated alkanes) is 1. The molecule has 0 saturated heterocycles. The summed E-state index contributed by atoms with van der Waals surface area (Å²) in [5.74, 6) is -1.36. The fraction of sp³-hybridized carbons (Fsp3) is 0.526. The number of carboxylic acid groups (broad SMARTS) is 1. The number of benzene rings is 1. The highest BCUT2D eigenvalue weighted by molar-refractivity contribution is 6.30. The number of aliphatic carboxylic acids is 1. The third-order valence-corrected chi connectivity index (χ3v) is 3.95. The summed E-state index contributed by atoms with van der Waals surface area (Å²) in [5, 5.41) is 12.1. The summed E-state index contributed by atoms with van der Waals surface area (Å²) in [5.41, 5.74) is 0.748. The quantitative estimate of drug-likeness (QED) is 0.431. The first-order chi connectivity index (χ1) is 12.8. The van der Waals surface area contributed by atoms with E-state index in [4.69, 9.17) is 26.2 Å². The molecule has 1 aromatic carbocycles. The lowest BCUT2D eigenvalue weighted by atomic mass is 10.0. The van der Waals surface area contributed by atoms with Gasteiger partial charge in [0.1, 0.15) is 0 Å². The number of amides is 1. The molecule has 1 amide bonds. The number of esters is 1. The van der Waals surface area contributed by atoms with E-state index in [9.17, 15) is 14.4 Å². The second-order valence-corrected chi connectivity index (χ2v) is 6.78. The van der Waals surface area contributed by atoms with Crippen molar-refractivity contribution in [2.45, 2.75) is 45.6 Å². The maximum atomic E-state index is 12.0. The first-order valence-corrected chi connectivity index (χ1v) is 9.24. The Kier molecular flexibility index (Phi) is 10.3. The summed E-state index contributed by atoms with van der Waals surface area (Å²) in [7, 11) is 0. The Morgan fingerprint density at radius 1 is 1.07 bits per heavy atom. The van der Waals surface area contributed by atoms with Gasteiger partial charge in [0, 0.05) is 11.4 Å². The fourth-order valence-corrected chi connectivity index (χ4v) is 2.30. The molecular weight excluding hydrogens is 374 g/mol. The van der Waals surface area contributed by atoms with Crippen LogP contribution in [0.2, 0.25) is 5.02 Å². The number of ether oxygens (including phenoxy) is 2. The van der Waals surface area contributed by atoms with Crippen LogP contribution in [0.4, 0.5) is 4.79 Å². The molecule has 0 heterocycles. The lowest BCUT2D eigenvalue weighted by Crippen LogP contribution is -2.30. The summed E-state index contributed by atoms with van der Waals surface area (Å²) < 4.78 is 10.2. The molecule has 0 aliphatic rings. The van der Waals surface area contributed by atoms with Crippen LogP contribution in [-0.2, 0) is 19.1 Å². The van der Waals surface area contributed by atoms with Crippen LogP contribution in [0.15, 0.2) is 24.3 Å². The van der Waals surface area contributed by atoms with Crippen LogP contribution in [0.5, 0.6) is 0 Å². The largest absolute Gasteiger partial charge is 0.481 e. The van der Waals surface area contributed by atoms with Gasteiger partial charge in [-0.1, -0.05) is 37.6 Å². The van der Waals surface area contributed by atoms with Crippen molar-refractivity contribution >= 4 is 29.6 Å². The Morgan fingerprint density at radius 3 is 2.22 bits per heavy atom. The highest BCUT2D eigenvalue weighted by atomic mass is 35.5. The first kappa shape index (κ1) is 22.8. The normalized spacial score (nSPS) is 11.7. The zero-order valence-electron chi connectivity index (χ0n) is 15.6. The number of carbonyl (C=O) groups excluding carboxylic acids is 2. The molecule has 0 radical (unpaired) electrons. The van der Waals surface area contributed by atoms with Gasteiger partial charge in [0.25, 0.3) is 0 Å². The molecule has 1 unspecified atom stereocenters. The van der Waals surface area contributed by atoms with E-state index in [-0.39, 0.29) is 37.9 Å². The molecule has 7 nitrogen and oxygen atoms in total. The van der Waals surface area contributed by atoms with E-state index >= 15 is 0 Å². The Bertz CT molecular complexity index is 617. The number of halogens is 1. The van der Waals surface area contributed by atoms with Gasteiger partial charge in [-0.3, -0.25) is 9.59 Å². The molecule has 0 spiro atoms. The number of rotatable bonds is 11. The van der Waals surface area contributed by atoms with Crippen LogP contribution in [0.3, 0.4) is 0 Å². The summed E-state index contributed by atoms with van der Waals surface area (Å²) in [6.07, 6.45) is 0.663. The van der Waals surface area contributed by atoms with Crippen LogP contribution < -0.4 is 5.32 Å². The Morgan fingerprint density at radius 2 is 1.67 bits per heavy atom. The van der Waals surface area contributed by atoms with Gasteiger partial charge in [0.05, 0.1) is 25.2 Å². The van der Waals surface area contributed by atoms with Gasteiger partial charge < -0.3 is 19.9 Å². The van der Waals surface area contributed by atoms with Crippen molar-refractivity contribution in [1.29, 1.82) is 0 Å². The predicted molar refractivity (Wildman–Crippen MR) is 101 cm³/mol. The second-order valence-electron chi connectivity index (χ2n) is 6.35. The van der Waals surface area contributed by atoms with Crippen molar-refractivity contribution < 1.29 is 29.0 Å². The predicted octanol–water partition coefficient (Wildman–Crippen LogP) is 3.95. The molecule has 8 heteroatoms. The molecular formula is C19H26ClNO6. The maximum Gasteiger partial charge on any atom is 0.407 e. The summed E-state index contributed by atoms with van der Waals surface area (Å²) >= 11 is 5.86. The summed E-state index contributed by atoms with van der Waals surface area (Å²) in [6, 6.07) is 6.33. The van der Waals surface area contributed by atoms with Crippen LogP contribution in [0.1, 0.15) is 51.1 Å². The molecule has 150 valence electrons. The molecule has 0 aliphatic heterocycles. The van der Waals surface area contributed by atoms with E-state index in [1.54, 1.807) is 38.1 Å². The van der Waals surface area contributed by atoms with E-state index in [1.807, 2.05) is 0 Å². The average Bonchev–Trinajstić information content (AvgIpc) is 2.61. The van der Waals surface area contributed by atoms with Gasteiger partial charge in [0.15, 0.2) is 0 Å². The van der Waals surface area contributed by atoms with Crippen LogP contribution in [0.25, 0.3) is 0 Å². The molecule has 0 fully saturated rings. The molecule has 1 atom stereocenters. The molecule has 27 heavy (non-hydrogen) atoms.